The largest absolute Gasteiger partial charge is 0.502 e. The van der Waals surface area contributed by atoms with E-state index in [4.69, 9.17) is 13.9 Å². The van der Waals surface area contributed by atoms with E-state index in [2.05, 4.69) is 20.6 Å². The first-order valence-electron chi connectivity index (χ1n) is 9.02. The van der Waals surface area contributed by atoms with Gasteiger partial charge in [0.15, 0.2) is 17.5 Å². The molecule has 3 aromatic rings. The molecule has 0 spiro atoms. The molecule has 0 unspecified atom stereocenters. The zero-order chi connectivity index (χ0) is 20.6. The molecule has 9 heteroatoms. The van der Waals surface area contributed by atoms with Gasteiger partial charge in [-0.2, -0.15) is 0 Å². The number of halogens is 1. The highest BCUT2D eigenvalue weighted by atomic mass is 127. The van der Waals surface area contributed by atoms with Gasteiger partial charge in [0.1, 0.15) is 6.26 Å². The van der Waals surface area contributed by atoms with Crippen LogP contribution in [-0.2, 0) is 13.1 Å². The highest BCUT2D eigenvalue weighted by Crippen LogP contribution is 2.37. The highest BCUT2D eigenvalue weighted by Gasteiger charge is 2.12. The number of rotatable bonds is 7. The molecule has 0 radical (unpaired) electrons. The van der Waals surface area contributed by atoms with Crippen LogP contribution in [0.5, 0.6) is 17.2 Å². The number of aromatic hydroxyl groups is 1. The second-order valence-electron chi connectivity index (χ2n) is 6.14. The number of guanidine groups is 1. The van der Waals surface area contributed by atoms with Gasteiger partial charge in [-0.25, -0.2) is 4.98 Å². The molecule has 0 aliphatic carbocycles. The average molecular weight is 524 g/mol. The van der Waals surface area contributed by atoms with Crippen molar-refractivity contribution in [2.75, 3.05) is 21.3 Å². The van der Waals surface area contributed by atoms with Crippen molar-refractivity contribution < 1.29 is 19.0 Å². The molecule has 2 aromatic carbocycles. The molecule has 1 heterocycles. The minimum atomic E-state index is -0.0264. The monoisotopic (exact) mass is 524 g/mol. The molecule has 0 saturated heterocycles. The quantitative estimate of drug-likeness (QED) is 0.247. The normalized spacial score (nSPS) is 10.8. The van der Waals surface area contributed by atoms with Gasteiger partial charge in [-0.15, -0.1) is 24.0 Å². The lowest BCUT2D eigenvalue weighted by Crippen LogP contribution is -2.36. The standard InChI is InChI=1S/C21H24N4O4.HI/c1-22-21(23-11-14-9-17(27-2)19(26)18(10-14)28-3)24-12-16-13-29-20(25-16)15-7-5-4-6-8-15;/h4-10,13,26H,11-12H2,1-3H3,(H2,22,23,24);1H. The number of hydrogen-bond acceptors (Lipinski definition) is 6. The van der Waals surface area contributed by atoms with E-state index in [0.29, 0.717) is 36.4 Å². The maximum absolute atomic E-state index is 10.0. The maximum Gasteiger partial charge on any atom is 0.226 e. The predicted molar refractivity (Wildman–Crippen MR) is 126 cm³/mol. The molecule has 0 amide bonds. The number of ether oxygens (including phenoxy) is 2. The Morgan fingerprint density at radius 3 is 2.30 bits per heavy atom. The van der Waals surface area contributed by atoms with Crippen LogP contribution in [0.2, 0.25) is 0 Å². The van der Waals surface area contributed by atoms with Gasteiger partial charge in [-0.3, -0.25) is 4.99 Å². The molecule has 0 aliphatic rings. The van der Waals surface area contributed by atoms with Gasteiger partial charge < -0.3 is 29.6 Å². The third-order valence-electron chi connectivity index (χ3n) is 4.23. The van der Waals surface area contributed by atoms with E-state index in [0.717, 1.165) is 16.8 Å². The summed E-state index contributed by atoms with van der Waals surface area (Å²) in [6.07, 6.45) is 1.62. The van der Waals surface area contributed by atoms with Crippen molar-refractivity contribution in [1.29, 1.82) is 0 Å². The van der Waals surface area contributed by atoms with Crippen LogP contribution in [0, 0.1) is 0 Å². The highest BCUT2D eigenvalue weighted by molar-refractivity contribution is 14.0. The van der Waals surface area contributed by atoms with Crippen molar-refractivity contribution in [1.82, 2.24) is 15.6 Å². The molecule has 0 fully saturated rings. The van der Waals surface area contributed by atoms with Crippen molar-refractivity contribution in [3.63, 3.8) is 0 Å². The summed E-state index contributed by atoms with van der Waals surface area (Å²) in [5.74, 6) is 1.84. The molecule has 8 nitrogen and oxygen atoms in total. The summed E-state index contributed by atoms with van der Waals surface area (Å²) in [5, 5.41) is 16.4. The Kier molecular flexibility index (Phi) is 8.78. The molecule has 0 saturated carbocycles. The van der Waals surface area contributed by atoms with E-state index >= 15 is 0 Å². The van der Waals surface area contributed by atoms with Crippen molar-refractivity contribution in [3.8, 4) is 28.7 Å². The Morgan fingerprint density at radius 1 is 1.07 bits per heavy atom. The molecule has 0 bridgehead atoms. The summed E-state index contributed by atoms with van der Waals surface area (Å²) in [4.78, 5) is 8.70. The van der Waals surface area contributed by atoms with Crippen molar-refractivity contribution in [3.05, 3.63) is 60.0 Å². The van der Waals surface area contributed by atoms with Crippen LogP contribution in [0.25, 0.3) is 11.5 Å². The minimum Gasteiger partial charge on any atom is -0.502 e. The number of benzene rings is 2. The fraction of sp³-hybridized carbons (Fsp3) is 0.238. The molecule has 160 valence electrons. The first-order chi connectivity index (χ1) is 14.1. The third kappa shape index (κ3) is 5.78. The molecule has 0 aliphatic heterocycles. The number of methoxy groups -OCH3 is 2. The lowest BCUT2D eigenvalue weighted by Gasteiger charge is -2.14. The van der Waals surface area contributed by atoms with Gasteiger partial charge in [-0.05, 0) is 29.8 Å². The molecular weight excluding hydrogens is 499 g/mol. The Bertz CT molecular complexity index is 951. The van der Waals surface area contributed by atoms with Crippen LogP contribution < -0.4 is 20.1 Å². The Labute approximate surface area is 192 Å². The van der Waals surface area contributed by atoms with Crippen LogP contribution in [0.3, 0.4) is 0 Å². The Morgan fingerprint density at radius 2 is 1.70 bits per heavy atom. The number of phenolic OH excluding ortho intramolecular Hbond substituents is 1. The summed E-state index contributed by atoms with van der Waals surface area (Å²) < 4.78 is 15.9. The first-order valence-corrected chi connectivity index (χ1v) is 9.02. The average Bonchev–Trinajstić information content (AvgIpc) is 3.24. The maximum atomic E-state index is 10.0. The summed E-state index contributed by atoms with van der Waals surface area (Å²) in [5.41, 5.74) is 2.56. The molecule has 30 heavy (non-hydrogen) atoms. The Balaban J connectivity index is 0.00000320. The summed E-state index contributed by atoms with van der Waals surface area (Å²) in [6.45, 7) is 0.916. The second-order valence-corrected chi connectivity index (χ2v) is 6.14. The number of nitrogens with zero attached hydrogens (tertiary/aromatic N) is 2. The van der Waals surface area contributed by atoms with Crippen molar-refractivity contribution >= 4 is 29.9 Å². The van der Waals surface area contributed by atoms with Crippen LogP contribution in [0.1, 0.15) is 11.3 Å². The first kappa shape index (κ1) is 23.3. The fourth-order valence-corrected chi connectivity index (χ4v) is 2.73. The van der Waals surface area contributed by atoms with E-state index in [-0.39, 0.29) is 29.7 Å². The smallest absolute Gasteiger partial charge is 0.226 e. The van der Waals surface area contributed by atoms with Gasteiger partial charge in [0.05, 0.1) is 26.5 Å². The number of oxazole rings is 1. The number of phenols is 1. The molecule has 0 atom stereocenters. The lowest BCUT2D eigenvalue weighted by molar-refractivity contribution is 0.339. The summed E-state index contributed by atoms with van der Waals surface area (Å²) in [6, 6.07) is 13.2. The van der Waals surface area contributed by atoms with Gasteiger partial charge in [0, 0.05) is 19.2 Å². The lowest BCUT2D eigenvalue weighted by atomic mass is 10.2. The predicted octanol–water partition coefficient (Wildman–Crippen LogP) is 3.55. The number of aliphatic imine (C=N–C) groups is 1. The van der Waals surface area contributed by atoms with Crippen LogP contribution >= 0.6 is 24.0 Å². The van der Waals surface area contributed by atoms with Crippen LogP contribution in [0.15, 0.2) is 58.1 Å². The van der Waals surface area contributed by atoms with E-state index in [1.165, 1.54) is 14.2 Å². The topological polar surface area (TPSA) is 101 Å². The summed E-state index contributed by atoms with van der Waals surface area (Å²) in [7, 11) is 4.67. The van der Waals surface area contributed by atoms with Crippen molar-refractivity contribution in [2.45, 2.75) is 13.1 Å². The summed E-state index contributed by atoms with van der Waals surface area (Å²) >= 11 is 0. The van der Waals surface area contributed by atoms with Crippen LogP contribution in [0.4, 0.5) is 0 Å². The van der Waals surface area contributed by atoms with E-state index in [9.17, 15) is 5.11 Å². The second kappa shape index (κ2) is 11.3. The minimum absolute atomic E-state index is 0. The van der Waals surface area contributed by atoms with Gasteiger partial charge >= 0.3 is 0 Å². The number of aromatic nitrogens is 1. The SMILES string of the molecule is CN=C(NCc1cc(OC)c(O)c(OC)c1)NCc1coc(-c2ccccc2)n1.I. The van der Waals surface area contributed by atoms with Crippen LogP contribution in [-0.4, -0.2) is 37.3 Å². The Hall–Kier alpha value is -2.95. The number of hydrogen-bond donors (Lipinski definition) is 3. The molecule has 1 aromatic heterocycles. The molecular formula is C21H25IN4O4. The van der Waals surface area contributed by atoms with Gasteiger partial charge in [0.2, 0.25) is 11.6 Å². The van der Waals surface area contributed by atoms with E-state index in [1.54, 1.807) is 25.4 Å². The van der Waals surface area contributed by atoms with Gasteiger partial charge in [-0.1, -0.05) is 18.2 Å². The van der Waals surface area contributed by atoms with E-state index in [1.807, 2.05) is 30.3 Å². The zero-order valence-corrected chi connectivity index (χ0v) is 19.3. The molecule has 3 rings (SSSR count). The third-order valence-corrected chi connectivity index (χ3v) is 4.23. The van der Waals surface area contributed by atoms with Crippen molar-refractivity contribution in [2.24, 2.45) is 4.99 Å². The van der Waals surface area contributed by atoms with E-state index < -0.39 is 0 Å². The fourth-order valence-electron chi connectivity index (χ4n) is 2.73. The molecule has 3 N–H and O–H groups in total. The van der Waals surface area contributed by atoms with Gasteiger partial charge in [0.25, 0.3) is 0 Å². The number of nitrogens with one attached hydrogen (secondary N) is 2. The zero-order valence-electron chi connectivity index (χ0n) is 17.0.